The molecule has 2 aromatic heterocycles. The van der Waals surface area contributed by atoms with Crippen molar-refractivity contribution in [2.45, 2.75) is 0 Å². The number of aromatic nitrogens is 2. The van der Waals surface area contributed by atoms with Crippen LogP contribution in [0.15, 0.2) is 162 Å². The molecule has 0 saturated carbocycles. The minimum atomic E-state index is 0.556. The molecule has 3 nitrogen and oxygen atoms in total. The fourth-order valence-corrected chi connectivity index (χ4v) is 7.26. The van der Waals surface area contributed by atoms with Crippen LogP contribution in [0.5, 0.6) is 0 Å². The summed E-state index contributed by atoms with van der Waals surface area (Å²) in [6.45, 7) is 0. The lowest BCUT2D eigenvalue weighted by atomic mass is 9.91. The molecule has 0 aliphatic heterocycles. The van der Waals surface area contributed by atoms with Crippen LogP contribution in [0, 0.1) is 0 Å². The second-order valence-corrected chi connectivity index (χ2v) is 12.2. The molecule has 0 bridgehead atoms. The highest BCUT2D eigenvalue weighted by molar-refractivity contribution is 6.25. The molecular weight excluding hydrogens is 572 g/mol. The first-order valence-electron chi connectivity index (χ1n) is 15.9. The van der Waals surface area contributed by atoms with Gasteiger partial charge in [-0.05, 0) is 89.6 Å². The first-order chi connectivity index (χ1) is 23.3. The van der Waals surface area contributed by atoms with Crippen molar-refractivity contribution in [2.24, 2.45) is 0 Å². The SMILES string of the molecule is c1cc(-c2cccc(-c3cnc4oc5ccc6ccccc6c5c4n3)c2)cc(-c2ccc3c4ccccc4c4ccccc4c3c2)c1. The highest BCUT2D eigenvalue weighted by Crippen LogP contribution is 2.38. The van der Waals surface area contributed by atoms with Crippen LogP contribution in [0.25, 0.3) is 98.8 Å². The molecule has 0 N–H and O–H groups in total. The van der Waals surface area contributed by atoms with Gasteiger partial charge in [0, 0.05) is 5.56 Å². The van der Waals surface area contributed by atoms with E-state index >= 15 is 0 Å². The minimum Gasteiger partial charge on any atom is -0.436 e. The van der Waals surface area contributed by atoms with E-state index in [0.717, 1.165) is 49.6 Å². The van der Waals surface area contributed by atoms with Crippen LogP contribution < -0.4 is 0 Å². The molecule has 0 amide bonds. The summed E-state index contributed by atoms with van der Waals surface area (Å²) in [7, 11) is 0. The maximum Gasteiger partial charge on any atom is 0.246 e. The summed E-state index contributed by atoms with van der Waals surface area (Å²) in [5.41, 5.74) is 8.65. The van der Waals surface area contributed by atoms with Crippen LogP contribution in [0.1, 0.15) is 0 Å². The van der Waals surface area contributed by atoms with Gasteiger partial charge in [0.1, 0.15) is 11.1 Å². The molecule has 218 valence electrons. The van der Waals surface area contributed by atoms with Gasteiger partial charge in [0.15, 0.2) is 0 Å². The topological polar surface area (TPSA) is 38.9 Å². The summed E-state index contributed by atoms with van der Waals surface area (Å²) in [6, 6.07) is 54.1. The Labute approximate surface area is 270 Å². The molecule has 0 atom stereocenters. The van der Waals surface area contributed by atoms with Gasteiger partial charge >= 0.3 is 0 Å². The van der Waals surface area contributed by atoms with E-state index in [9.17, 15) is 0 Å². The van der Waals surface area contributed by atoms with Gasteiger partial charge < -0.3 is 4.42 Å². The normalized spacial score (nSPS) is 11.8. The van der Waals surface area contributed by atoms with Crippen LogP contribution in [-0.2, 0) is 0 Å². The first-order valence-corrected chi connectivity index (χ1v) is 15.9. The summed E-state index contributed by atoms with van der Waals surface area (Å²) in [5.74, 6) is 0. The largest absolute Gasteiger partial charge is 0.436 e. The van der Waals surface area contributed by atoms with Gasteiger partial charge in [0.2, 0.25) is 5.71 Å². The molecule has 0 spiro atoms. The molecule has 0 aliphatic rings. The highest BCUT2D eigenvalue weighted by atomic mass is 16.3. The number of hydrogen-bond donors (Lipinski definition) is 0. The van der Waals surface area contributed by atoms with E-state index in [-0.39, 0.29) is 0 Å². The zero-order chi connectivity index (χ0) is 30.9. The summed E-state index contributed by atoms with van der Waals surface area (Å²) < 4.78 is 6.10. The van der Waals surface area contributed by atoms with Crippen LogP contribution in [-0.4, -0.2) is 9.97 Å². The lowest BCUT2D eigenvalue weighted by Gasteiger charge is -2.13. The zero-order valence-corrected chi connectivity index (χ0v) is 25.3. The molecule has 0 fully saturated rings. The summed E-state index contributed by atoms with van der Waals surface area (Å²) >= 11 is 0. The van der Waals surface area contributed by atoms with Crippen molar-refractivity contribution in [1.82, 2.24) is 9.97 Å². The Morgan fingerprint density at radius 2 is 0.957 bits per heavy atom. The van der Waals surface area contributed by atoms with Crippen molar-refractivity contribution in [3.05, 3.63) is 158 Å². The molecule has 0 unspecified atom stereocenters. The Morgan fingerprint density at radius 3 is 1.66 bits per heavy atom. The van der Waals surface area contributed by atoms with Gasteiger partial charge in [0.25, 0.3) is 0 Å². The zero-order valence-electron chi connectivity index (χ0n) is 25.3. The third-order valence-corrected chi connectivity index (χ3v) is 9.50. The van der Waals surface area contributed by atoms with Gasteiger partial charge in [-0.2, -0.15) is 0 Å². The van der Waals surface area contributed by atoms with Gasteiger partial charge in [-0.15, -0.1) is 0 Å². The van der Waals surface area contributed by atoms with Crippen LogP contribution in [0.2, 0.25) is 0 Å². The van der Waals surface area contributed by atoms with Crippen molar-refractivity contribution in [3.8, 4) is 33.5 Å². The lowest BCUT2D eigenvalue weighted by molar-refractivity contribution is 0.653. The Hall–Kier alpha value is -6.32. The average Bonchev–Trinajstić information content (AvgIpc) is 3.53. The number of furan rings is 1. The molecular formula is C44H26N2O. The van der Waals surface area contributed by atoms with E-state index in [1.54, 1.807) is 0 Å². The van der Waals surface area contributed by atoms with Gasteiger partial charge in [-0.1, -0.05) is 127 Å². The maximum absolute atomic E-state index is 6.10. The fourth-order valence-electron chi connectivity index (χ4n) is 7.26. The van der Waals surface area contributed by atoms with Crippen LogP contribution in [0.4, 0.5) is 0 Å². The number of nitrogens with zero attached hydrogens (tertiary/aromatic N) is 2. The Morgan fingerprint density at radius 1 is 0.404 bits per heavy atom. The van der Waals surface area contributed by atoms with Crippen molar-refractivity contribution in [2.75, 3.05) is 0 Å². The highest BCUT2D eigenvalue weighted by Gasteiger charge is 2.15. The number of benzene rings is 8. The molecule has 3 heteroatoms. The van der Waals surface area contributed by atoms with Crippen LogP contribution >= 0.6 is 0 Å². The predicted octanol–water partition coefficient (Wildman–Crippen LogP) is 12.0. The summed E-state index contributed by atoms with van der Waals surface area (Å²) in [5, 5.41) is 11.0. The maximum atomic E-state index is 6.10. The van der Waals surface area contributed by atoms with Gasteiger partial charge in [-0.25, -0.2) is 9.97 Å². The number of rotatable bonds is 3. The lowest BCUT2D eigenvalue weighted by Crippen LogP contribution is -1.88. The van der Waals surface area contributed by atoms with E-state index in [1.807, 2.05) is 12.3 Å². The van der Waals surface area contributed by atoms with E-state index in [2.05, 4.69) is 146 Å². The molecule has 0 saturated heterocycles. The Balaban J connectivity index is 1.07. The van der Waals surface area contributed by atoms with Gasteiger partial charge in [-0.3, -0.25) is 0 Å². The smallest absolute Gasteiger partial charge is 0.246 e. The van der Waals surface area contributed by atoms with E-state index < -0.39 is 0 Å². The minimum absolute atomic E-state index is 0.556. The van der Waals surface area contributed by atoms with Crippen molar-refractivity contribution >= 4 is 65.3 Å². The molecule has 2 heterocycles. The monoisotopic (exact) mass is 598 g/mol. The molecule has 47 heavy (non-hydrogen) atoms. The Bertz CT molecular complexity index is 2830. The van der Waals surface area contributed by atoms with E-state index in [0.29, 0.717) is 5.71 Å². The molecule has 8 aromatic carbocycles. The first kappa shape index (κ1) is 26.0. The quantitative estimate of drug-likeness (QED) is 0.190. The standard InChI is InChI=1S/C44H26N2O/c1-2-14-33-27(9-1)20-22-41-42(33)43-44(47-41)45-26-40(46-43)32-13-8-12-30(24-32)28-10-7-11-29(23-28)31-19-21-38-36-17-4-3-15-34(36)35-16-5-6-18-37(35)39(38)25-31/h1-26H. The second kappa shape index (κ2) is 10.1. The summed E-state index contributed by atoms with van der Waals surface area (Å²) in [6.07, 6.45) is 1.81. The van der Waals surface area contributed by atoms with E-state index in [4.69, 9.17) is 14.4 Å². The van der Waals surface area contributed by atoms with Crippen molar-refractivity contribution < 1.29 is 4.42 Å². The molecule has 0 aliphatic carbocycles. The van der Waals surface area contributed by atoms with Crippen molar-refractivity contribution in [3.63, 3.8) is 0 Å². The second-order valence-electron chi connectivity index (χ2n) is 12.2. The molecule has 10 aromatic rings. The Kier molecular flexibility index (Phi) is 5.57. The predicted molar refractivity (Wildman–Crippen MR) is 196 cm³/mol. The number of hydrogen-bond acceptors (Lipinski definition) is 3. The summed E-state index contributed by atoms with van der Waals surface area (Å²) in [4.78, 5) is 9.80. The molecule has 0 radical (unpaired) electrons. The number of fused-ring (bicyclic) bond motifs is 11. The fraction of sp³-hybridized carbons (Fsp3) is 0. The average molecular weight is 599 g/mol. The van der Waals surface area contributed by atoms with Gasteiger partial charge in [0.05, 0.1) is 17.3 Å². The third kappa shape index (κ3) is 4.07. The third-order valence-electron chi connectivity index (χ3n) is 9.50. The molecule has 10 rings (SSSR count). The van der Waals surface area contributed by atoms with Crippen LogP contribution in [0.3, 0.4) is 0 Å². The van der Waals surface area contributed by atoms with E-state index in [1.165, 1.54) is 43.4 Å². The van der Waals surface area contributed by atoms with Crippen molar-refractivity contribution in [1.29, 1.82) is 0 Å².